The smallest absolute Gasteiger partial charge is 0.264 e. The molecule has 0 aliphatic rings. The number of hydrogen-bond donors (Lipinski definition) is 1. The molecule has 2 rings (SSSR count). The highest BCUT2D eigenvalue weighted by molar-refractivity contribution is 5.28. The summed E-state index contributed by atoms with van der Waals surface area (Å²) in [7, 11) is 0. The molecule has 0 fully saturated rings. The van der Waals surface area contributed by atoms with Crippen molar-refractivity contribution in [1.82, 2.24) is 15.5 Å². The van der Waals surface area contributed by atoms with E-state index in [1.807, 2.05) is 18.2 Å². The number of benzene rings is 1. The fourth-order valence-electron chi connectivity index (χ4n) is 1.83. The number of nitrogens with zero attached hydrogens (tertiary/aromatic N) is 2. The summed E-state index contributed by atoms with van der Waals surface area (Å²) < 4.78 is 10.8. The Kier molecular flexibility index (Phi) is 5.55. The standard InChI is InChI=1S/C15H21N3O2/c1-3-6-14-17-15(20-18-14)11-19-13-8-5-7-12(9-13)10-16-4-2/h5,7-9,16H,3-4,6,10-11H2,1-2H3. The number of hydrogen-bond acceptors (Lipinski definition) is 5. The third kappa shape index (κ3) is 4.35. The van der Waals surface area contributed by atoms with Crippen molar-refractivity contribution in [2.24, 2.45) is 0 Å². The Labute approximate surface area is 119 Å². The second-order valence-electron chi connectivity index (χ2n) is 4.57. The van der Waals surface area contributed by atoms with Crippen LogP contribution in [-0.4, -0.2) is 16.7 Å². The zero-order chi connectivity index (χ0) is 14.2. The van der Waals surface area contributed by atoms with Gasteiger partial charge in [0.2, 0.25) is 0 Å². The van der Waals surface area contributed by atoms with Crippen molar-refractivity contribution >= 4 is 0 Å². The topological polar surface area (TPSA) is 60.2 Å². The molecule has 0 unspecified atom stereocenters. The summed E-state index contributed by atoms with van der Waals surface area (Å²) in [6, 6.07) is 8.00. The Hall–Kier alpha value is -1.88. The van der Waals surface area contributed by atoms with Gasteiger partial charge < -0.3 is 14.6 Å². The molecular weight excluding hydrogens is 254 g/mol. The van der Waals surface area contributed by atoms with E-state index >= 15 is 0 Å². The Balaban J connectivity index is 1.89. The van der Waals surface area contributed by atoms with Gasteiger partial charge in [-0.1, -0.05) is 31.1 Å². The van der Waals surface area contributed by atoms with Gasteiger partial charge in [-0.15, -0.1) is 0 Å². The largest absolute Gasteiger partial charge is 0.484 e. The molecule has 0 amide bonds. The van der Waals surface area contributed by atoms with Crippen LogP contribution in [0.15, 0.2) is 28.8 Å². The Morgan fingerprint density at radius 1 is 1.30 bits per heavy atom. The van der Waals surface area contributed by atoms with Crippen LogP contribution >= 0.6 is 0 Å². The van der Waals surface area contributed by atoms with Crippen LogP contribution in [0.25, 0.3) is 0 Å². The summed E-state index contributed by atoms with van der Waals surface area (Å²) in [5.74, 6) is 2.08. The van der Waals surface area contributed by atoms with Gasteiger partial charge in [-0.3, -0.25) is 0 Å². The maximum Gasteiger partial charge on any atom is 0.264 e. The minimum Gasteiger partial charge on any atom is -0.484 e. The molecule has 5 nitrogen and oxygen atoms in total. The normalized spacial score (nSPS) is 10.7. The van der Waals surface area contributed by atoms with E-state index in [4.69, 9.17) is 9.26 Å². The van der Waals surface area contributed by atoms with Crippen LogP contribution in [0.5, 0.6) is 5.75 Å². The summed E-state index contributed by atoms with van der Waals surface area (Å²) in [4.78, 5) is 4.27. The molecule has 108 valence electrons. The van der Waals surface area contributed by atoms with Crippen molar-refractivity contribution in [3.63, 3.8) is 0 Å². The number of aromatic nitrogens is 2. The summed E-state index contributed by atoms with van der Waals surface area (Å²) in [5, 5.41) is 7.19. The van der Waals surface area contributed by atoms with Gasteiger partial charge in [0.25, 0.3) is 5.89 Å². The number of aryl methyl sites for hydroxylation is 1. The predicted molar refractivity (Wildman–Crippen MR) is 76.4 cm³/mol. The molecular formula is C15H21N3O2. The number of ether oxygens (including phenoxy) is 1. The van der Waals surface area contributed by atoms with Gasteiger partial charge in [-0.05, 0) is 30.7 Å². The van der Waals surface area contributed by atoms with E-state index in [0.717, 1.165) is 37.5 Å². The SMILES string of the molecule is CCCc1noc(COc2cccc(CNCC)c2)n1. The maximum atomic E-state index is 5.68. The fraction of sp³-hybridized carbons (Fsp3) is 0.467. The van der Waals surface area contributed by atoms with Crippen LogP contribution in [0.1, 0.15) is 37.5 Å². The molecule has 1 N–H and O–H groups in total. The van der Waals surface area contributed by atoms with Gasteiger partial charge >= 0.3 is 0 Å². The first kappa shape index (κ1) is 14.5. The lowest BCUT2D eigenvalue weighted by Gasteiger charge is -2.06. The van der Waals surface area contributed by atoms with E-state index < -0.39 is 0 Å². The Bertz CT molecular complexity index is 525. The van der Waals surface area contributed by atoms with Crippen molar-refractivity contribution in [2.45, 2.75) is 39.8 Å². The van der Waals surface area contributed by atoms with Gasteiger partial charge in [0.15, 0.2) is 12.4 Å². The van der Waals surface area contributed by atoms with Gasteiger partial charge in [-0.25, -0.2) is 0 Å². The summed E-state index contributed by atoms with van der Waals surface area (Å²) in [6.07, 6.45) is 1.84. The van der Waals surface area contributed by atoms with E-state index in [-0.39, 0.29) is 0 Å². The second-order valence-corrected chi connectivity index (χ2v) is 4.57. The molecule has 2 aromatic rings. The molecule has 0 saturated heterocycles. The van der Waals surface area contributed by atoms with Crippen molar-refractivity contribution in [3.05, 3.63) is 41.5 Å². The van der Waals surface area contributed by atoms with Crippen LogP contribution in [0.2, 0.25) is 0 Å². The van der Waals surface area contributed by atoms with Crippen molar-refractivity contribution < 1.29 is 9.26 Å². The molecule has 0 saturated carbocycles. The third-order valence-electron chi connectivity index (χ3n) is 2.82. The molecule has 0 bridgehead atoms. The van der Waals surface area contributed by atoms with Crippen LogP contribution in [0.3, 0.4) is 0 Å². The van der Waals surface area contributed by atoms with Crippen LogP contribution in [0, 0.1) is 0 Å². The maximum absolute atomic E-state index is 5.68. The molecule has 0 atom stereocenters. The summed E-state index contributed by atoms with van der Waals surface area (Å²) in [5.41, 5.74) is 1.20. The lowest BCUT2D eigenvalue weighted by Crippen LogP contribution is -2.11. The average molecular weight is 275 g/mol. The first-order valence-corrected chi connectivity index (χ1v) is 7.05. The van der Waals surface area contributed by atoms with Crippen molar-refractivity contribution in [1.29, 1.82) is 0 Å². The minimum atomic E-state index is 0.307. The highest BCUT2D eigenvalue weighted by Gasteiger charge is 2.06. The quantitative estimate of drug-likeness (QED) is 0.802. The molecule has 5 heteroatoms. The zero-order valence-corrected chi connectivity index (χ0v) is 12.1. The van der Waals surface area contributed by atoms with E-state index in [1.165, 1.54) is 5.56 Å². The Morgan fingerprint density at radius 3 is 3.00 bits per heavy atom. The third-order valence-corrected chi connectivity index (χ3v) is 2.82. The van der Waals surface area contributed by atoms with Crippen LogP contribution in [0.4, 0.5) is 0 Å². The van der Waals surface area contributed by atoms with Crippen molar-refractivity contribution in [3.8, 4) is 5.75 Å². The van der Waals surface area contributed by atoms with Crippen LogP contribution < -0.4 is 10.1 Å². The van der Waals surface area contributed by atoms with E-state index in [2.05, 4.69) is 35.4 Å². The average Bonchev–Trinajstić information content (AvgIpc) is 2.92. The van der Waals surface area contributed by atoms with E-state index in [1.54, 1.807) is 0 Å². The zero-order valence-electron chi connectivity index (χ0n) is 12.1. The molecule has 0 spiro atoms. The van der Waals surface area contributed by atoms with E-state index in [0.29, 0.717) is 12.5 Å². The lowest BCUT2D eigenvalue weighted by molar-refractivity contribution is 0.242. The molecule has 0 radical (unpaired) electrons. The molecule has 1 heterocycles. The first-order valence-electron chi connectivity index (χ1n) is 7.05. The van der Waals surface area contributed by atoms with Gasteiger partial charge in [0.1, 0.15) is 5.75 Å². The highest BCUT2D eigenvalue weighted by atomic mass is 16.5. The summed E-state index contributed by atoms with van der Waals surface area (Å²) >= 11 is 0. The van der Waals surface area contributed by atoms with Gasteiger partial charge in [0, 0.05) is 13.0 Å². The van der Waals surface area contributed by atoms with Crippen LogP contribution in [-0.2, 0) is 19.6 Å². The molecule has 20 heavy (non-hydrogen) atoms. The minimum absolute atomic E-state index is 0.307. The summed E-state index contributed by atoms with van der Waals surface area (Å²) in [6.45, 7) is 6.27. The second kappa shape index (κ2) is 7.65. The van der Waals surface area contributed by atoms with Gasteiger partial charge in [-0.2, -0.15) is 4.98 Å². The van der Waals surface area contributed by atoms with Crippen molar-refractivity contribution in [2.75, 3.05) is 6.54 Å². The molecule has 1 aromatic heterocycles. The monoisotopic (exact) mass is 275 g/mol. The molecule has 0 aliphatic carbocycles. The number of rotatable bonds is 8. The highest BCUT2D eigenvalue weighted by Crippen LogP contribution is 2.15. The van der Waals surface area contributed by atoms with E-state index in [9.17, 15) is 0 Å². The lowest BCUT2D eigenvalue weighted by atomic mass is 10.2. The molecule has 1 aromatic carbocycles. The predicted octanol–water partition coefficient (Wildman–Crippen LogP) is 2.71. The van der Waals surface area contributed by atoms with Gasteiger partial charge in [0.05, 0.1) is 0 Å². The fourth-order valence-corrected chi connectivity index (χ4v) is 1.83. The Morgan fingerprint density at radius 2 is 2.20 bits per heavy atom. The number of nitrogens with one attached hydrogen (secondary N) is 1. The first-order chi connectivity index (χ1) is 9.81. The molecule has 0 aliphatic heterocycles.